The lowest BCUT2D eigenvalue weighted by molar-refractivity contribution is 0.411. The van der Waals surface area contributed by atoms with Gasteiger partial charge in [0, 0.05) is 55.4 Å². The molecular formula is C28H27FN6O2S. The minimum Gasteiger partial charge on any atom is -0.274 e. The molecular weight excluding hydrogens is 503 g/mol. The van der Waals surface area contributed by atoms with Crippen molar-refractivity contribution in [1.82, 2.24) is 28.9 Å². The van der Waals surface area contributed by atoms with Gasteiger partial charge >= 0.3 is 0 Å². The van der Waals surface area contributed by atoms with Crippen molar-refractivity contribution in [3.8, 4) is 5.69 Å². The Morgan fingerprint density at radius 1 is 1.05 bits per heavy atom. The lowest BCUT2D eigenvalue weighted by Crippen LogP contribution is -2.36. The summed E-state index contributed by atoms with van der Waals surface area (Å²) in [5, 5.41) is 9.58. The molecule has 2 aromatic carbocycles. The highest BCUT2D eigenvalue weighted by atomic mass is 32.2. The zero-order valence-corrected chi connectivity index (χ0v) is 21.9. The van der Waals surface area contributed by atoms with Crippen LogP contribution in [0.3, 0.4) is 0 Å². The normalized spacial score (nSPS) is 18.4. The molecule has 0 bridgehead atoms. The maximum absolute atomic E-state index is 13.5. The number of rotatable bonds is 6. The number of aryl methyl sites for hydroxylation is 2. The first-order chi connectivity index (χ1) is 18.2. The third-order valence-electron chi connectivity index (χ3n) is 7.44. The predicted molar refractivity (Wildman–Crippen MR) is 142 cm³/mol. The first-order valence-corrected chi connectivity index (χ1v) is 13.8. The number of pyridine rings is 1. The average Bonchev–Trinajstić information content (AvgIpc) is 3.64. The maximum Gasteiger partial charge on any atom is 0.246 e. The highest BCUT2D eigenvalue weighted by Gasteiger charge is 2.45. The van der Waals surface area contributed by atoms with Crippen LogP contribution >= 0.6 is 0 Å². The predicted octanol–water partition coefficient (Wildman–Crippen LogP) is 4.18. The maximum atomic E-state index is 13.5. The zero-order chi connectivity index (χ0) is 26.5. The molecule has 5 aromatic rings. The third kappa shape index (κ3) is 4.19. The Balaban J connectivity index is 1.44. The SMILES string of the molecule is Cc1cc2c(cnn2-c2ccc(F)cc2)cc1C1(Cc2ccccn2)CCN(S(=O)(=O)c2cnn(C)c2)C1. The van der Waals surface area contributed by atoms with Crippen LogP contribution < -0.4 is 0 Å². The summed E-state index contributed by atoms with van der Waals surface area (Å²) in [6.45, 7) is 2.78. The van der Waals surface area contributed by atoms with Crippen molar-refractivity contribution >= 4 is 20.9 Å². The van der Waals surface area contributed by atoms with E-state index in [2.05, 4.69) is 34.2 Å². The molecule has 0 saturated carbocycles. The number of fused-ring (bicyclic) bond motifs is 1. The van der Waals surface area contributed by atoms with E-state index in [1.165, 1.54) is 29.2 Å². The van der Waals surface area contributed by atoms with Crippen LogP contribution in [0.5, 0.6) is 0 Å². The summed E-state index contributed by atoms with van der Waals surface area (Å²) in [4.78, 5) is 4.77. The van der Waals surface area contributed by atoms with E-state index in [1.54, 1.807) is 40.6 Å². The van der Waals surface area contributed by atoms with Crippen LogP contribution in [0.15, 0.2) is 84.3 Å². The molecule has 6 rings (SSSR count). The zero-order valence-electron chi connectivity index (χ0n) is 21.1. The van der Waals surface area contributed by atoms with Crippen molar-refractivity contribution in [3.05, 3.63) is 102 Å². The molecule has 4 heterocycles. The van der Waals surface area contributed by atoms with Gasteiger partial charge in [0.25, 0.3) is 0 Å². The van der Waals surface area contributed by atoms with Crippen molar-refractivity contribution in [2.24, 2.45) is 7.05 Å². The first kappa shape index (κ1) is 24.4. The first-order valence-electron chi connectivity index (χ1n) is 12.4. The molecule has 10 heteroatoms. The third-order valence-corrected chi connectivity index (χ3v) is 9.24. The smallest absolute Gasteiger partial charge is 0.246 e. The molecule has 0 spiro atoms. The van der Waals surface area contributed by atoms with Gasteiger partial charge in [-0.05, 0) is 73.0 Å². The second kappa shape index (κ2) is 9.14. The molecule has 1 saturated heterocycles. The molecule has 0 aliphatic carbocycles. The van der Waals surface area contributed by atoms with Crippen LogP contribution in [-0.4, -0.2) is 50.4 Å². The fraction of sp³-hybridized carbons (Fsp3) is 0.250. The monoisotopic (exact) mass is 530 g/mol. The fourth-order valence-electron chi connectivity index (χ4n) is 5.57. The summed E-state index contributed by atoms with van der Waals surface area (Å²) in [6.07, 6.45) is 7.76. The lowest BCUT2D eigenvalue weighted by Gasteiger charge is -2.31. The van der Waals surface area contributed by atoms with E-state index in [0.29, 0.717) is 25.9 Å². The number of benzene rings is 2. The van der Waals surface area contributed by atoms with E-state index in [4.69, 9.17) is 0 Å². The van der Waals surface area contributed by atoms with Gasteiger partial charge in [0.2, 0.25) is 10.0 Å². The molecule has 0 N–H and O–H groups in total. The van der Waals surface area contributed by atoms with Gasteiger partial charge in [-0.3, -0.25) is 9.67 Å². The number of sulfonamides is 1. The molecule has 1 aliphatic heterocycles. The van der Waals surface area contributed by atoms with Gasteiger partial charge in [0.15, 0.2) is 0 Å². The molecule has 194 valence electrons. The minimum absolute atomic E-state index is 0.196. The fourth-order valence-corrected chi connectivity index (χ4v) is 7.08. The number of hydrogen-bond acceptors (Lipinski definition) is 5. The Labute approximate surface area is 220 Å². The lowest BCUT2D eigenvalue weighted by atomic mass is 9.74. The van der Waals surface area contributed by atoms with Crippen LogP contribution in [0.4, 0.5) is 4.39 Å². The summed E-state index contributed by atoms with van der Waals surface area (Å²) in [5.74, 6) is -0.299. The summed E-state index contributed by atoms with van der Waals surface area (Å²) < 4.78 is 45.4. The molecule has 8 nitrogen and oxygen atoms in total. The van der Waals surface area contributed by atoms with Crippen LogP contribution in [0.25, 0.3) is 16.6 Å². The summed E-state index contributed by atoms with van der Waals surface area (Å²) >= 11 is 0. The number of hydrogen-bond donors (Lipinski definition) is 0. The van der Waals surface area contributed by atoms with E-state index in [1.807, 2.05) is 18.2 Å². The molecule has 3 aromatic heterocycles. The number of halogens is 1. The second-order valence-corrected chi connectivity index (χ2v) is 11.9. The van der Waals surface area contributed by atoms with E-state index in [0.717, 1.165) is 33.4 Å². The van der Waals surface area contributed by atoms with Gasteiger partial charge in [-0.25, -0.2) is 17.5 Å². The molecule has 1 aliphatic rings. The van der Waals surface area contributed by atoms with Gasteiger partial charge in [0.1, 0.15) is 10.7 Å². The van der Waals surface area contributed by atoms with Gasteiger partial charge < -0.3 is 0 Å². The highest BCUT2D eigenvalue weighted by Crippen LogP contribution is 2.42. The van der Waals surface area contributed by atoms with Crippen molar-refractivity contribution in [3.63, 3.8) is 0 Å². The molecule has 1 fully saturated rings. The summed E-state index contributed by atoms with van der Waals surface area (Å²) in [7, 11) is -1.99. The summed E-state index contributed by atoms with van der Waals surface area (Å²) in [5.41, 5.74) is 4.24. The molecule has 0 amide bonds. The Morgan fingerprint density at radius 3 is 2.58 bits per heavy atom. The van der Waals surface area contributed by atoms with E-state index >= 15 is 0 Å². The van der Waals surface area contributed by atoms with Crippen molar-refractivity contribution < 1.29 is 12.8 Å². The second-order valence-electron chi connectivity index (χ2n) is 9.98. The quantitative estimate of drug-likeness (QED) is 0.329. The Hall–Kier alpha value is -3.89. The van der Waals surface area contributed by atoms with E-state index < -0.39 is 15.4 Å². The van der Waals surface area contributed by atoms with Crippen molar-refractivity contribution in [2.45, 2.75) is 30.1 Å². The number of aromatic nitrogens is 5. The van der Waals surface area contributed by atoms with Crippen molar-refractivity contribution in [1.29, 1.82) is 0 Å². The minimum atomic E-state index is -3.70. The molecule has 0 radical (unpaired) electrons. The largest absolute Gasteiger partial charge is 0.274 e. The Morgan fingerprint density at radius 2 is 1.87 bits per heavy atom. The Kier molecular flexibility index (Phi) is 5.88. The molecule has 38 heavy (non-hydrogen) atoms. The van der Waals surface area contributed by atoms with E-state index in [9.17, 15) is 12.8 Å². The Bertz CT molecular complexity index is 1730. The average molecular weight is 531 g/mol. The molecule has 1 unspecified atom stereocenters. The number of nitrogens with zero attached hydrogens (tertiary/aromatic N) is 6. The van der Waals surface area contributed by atoms with Crippen molar-refractivity contribution in [2.75, 3.05) is 13.1 Å². The van der Waals surface area contributed by atoms with E-state index in [-0.39, 0.29) is 10.7 Å². The van der Waals surface area contributed by atoms with Gasteiger partial charge in [-0.15, -0.1) is 0 Å². The van der Waals surface area contributed by atoms with Gasteiger partial charge in [-0.2, -0.15) is 14.5 Å². The van der Waals surface area contributed by atoms with Gasteiger partial charge in [-0.1, -0.05) is 6.07 Å². The van der Waals surface area contributed by atoms with Gasteiger partial charge in [0.05, 0.1) is 23.6 Å². The van der Waals surface area contributed by atoms with Crippen LogP contribution in [-0.2, 0) is 28.9 Å². The molecule has 1 atom stereocenters. The summed E-state index contributed by atoms with van der Waals surface area (Å²) in [6, 6.07) is 16.3. The standard InChI is InChI=1S/C28H27FN6O2S/c1-20-13-27-21(16-32-35(27)24-8-6-22(29)7-9-24)14-26(20)28(15-23-5-3-4-11-30-23)10-12-34(19-28)38(36,37)25-17-31-33(2)18-25/h3-9,11,13-14,16-18H,10,12,15,19H2,1-2H3. The highest BCUT2D eigenvalue weighted by molar-refractivity contribution is 7.89. The van der Waals surface area contributed by atoms with Crippen LogP contribution in [0.2, 0.25) is 0 Å². The topological polar surface area (TPSA) is 85.9 Å². The van der Waals surface area contributed by atoms with Crippen LogP contribution in [0, 0.1) is 12.7 Å². The van der Waals surface area contributed by atoms with Crippen LogP contribution in [0.1, 0.15) is 23.2 Å².